The average Bonchev–Trinajstić information content (AvgIpc) is 2.44. The lowest BCUT2D eigenvalue weighted by Crippen LogP contribution is -2.39. The molecule has 7 heteroatoms. The summed E-state index contributed by atoms with van der Waals surface area (Å²) in [5.74, 6) is 0. The standard InChI is InChI=1S/C13H17N3O2S.ClH/c1-10(8-14)16(2)19(17,18)13-5-3-4-11-9-15-7-6-12(11)13;/h3-7,9-10H,8,14H2,1-2H3;1H. The molecule has 0 fully saturated rings. The first kappa shape index (κ1) is 16.8. The molecule has 1 heterocycles. The lowest BCUT2D eigenvalue weighted by Gasteiger charge is -2.23. The third kappa shape index (κ3) is 2.93. The molecule has 1 aromatic heterocycles. The second-order valence-electron chi connectivity index (χ2n) is 4.46. The van der Waals surface area contributed by atoms with Crippen LogP contribution >= 0.6 is 12.4 Å². The van der Waals surface area contributed by atoms with Gasteiger partial charge in [0.05, 0.1) is 4.90 Å². The summed E-state index contributed by atoms with van der Waals surface area (Å²) in [5, 5.41) is 1.48. The summed E-state index contributed by atoms with van der Waals surface area (Å²) in [7, 11) is -2.00. The summed E-state index contributed by atoms with van der Waals surface area (Å²) < 4.78 is 26.5. The molecule has 2 N–H and O–H groups in total. The van der Waals surface area contributed by atoms with Gasteiger partial charge in [-0.25, -0.2) is 8.42 Å². The highest BCUT2D eigenvalue weighted by molar-refractivity contribution is 7.89. The molecular formula is C13H18ClN3O2S. The van der Waals surface area contributed by atoms with Crippen molar-refractivity contribution in [3.63, 3.8) is 0 Å². The Labute approximate surface area is 125 Å². The summed E-state index contributed by atoms with van der Waals surface area (Å²) in [5.41, 5.74) is 5.54. The van der Waals surface area contributed by atoms with E-state index in [0.717, 1.165) is 5.39 Å². The predicted molar refractivity (Wildman–Crippen MR) is 82.5 cm³/mol. The first-order chi connectivity index (χ1) is 8.98. The number of hydrogen-bond acceptors (Lipinski definition) is 4. The molecule has 0 aliphatic carbocycles. The largest absolute Gasteiger partial charge is 0.329 e. The van der Waals surface area contributed by atoms with Gasteiger partial charge in [0.15, 0.2) is 0 Å². The number of rotatable bonds is 4. The van der Waals surface area contributed by atoms with Crippen LogP contribution < -0.4 is 5.73 Å². The molecule has 0 amide bonds. The second kappa shape index (κ2) is 6.49. The summed E-state index contributed by atoms with van der Waals surface area (Å²) in [6.45, 7) is 2.06. The van der Waals surface area contributed by atoms with Crippen molar-refractivity contribution in [2.45, 2.75) is 17.9 Å². The van der Waals surface area contributed by atoms with Gasteiger partial charge in [-0.2, -0.15) is 4.31 Å². The van der Waals surface area contributed by atoms with Gasteiger partial charge in [-0.1, -0.05) is 12.1 Å². The van der Waals surface area contributed by atoms with Crippen molar-refractivity contribution in [1.29, 1.82) is 0 Å². The zero-order valence-electron chi connectivity index (χ0n) is 11.4. The Bertz CT molecular complexity index is 686. The summed E-state index contributed by atoms with van der Waals surface area (Å²) in [6.07, 6.45) is 3.24. The minimum absolute atomic E-state index is 0. The number of fused-ring (bicyclic) bond motifs is 1. The van der Waals surface area contributed by atoms with Crippen LogP contribution in [0, 0.1) is 0 Å². The van der Waals surface area contributed by atoms with Gasteiger partial charge in [-0.3, -0.25) is 4.98 Å². The highest BCUT2D eigenvalue weighted by Crippen LogP contribution is 2.25. The molecule has 1 atom stereocenters. The fourth-order valence-electron chi connectivity index (χ4n) is 1.86. The summed E-state index contributed by atoms with van der Waals surface area (Å²) in [4.78, 5) is 4.29. The van der Waals surface area contributed by atoms with Crippen LogP contribution in [-0.4, -0.2) is 37.3 Å². The monoisotopic (exact) mass is 315 g/mol. The normalized spacial score (nSPS) is 13.2. The van der Waals surface area contributed by atoms with Gasteiger partial charge < -0.3 is 5.73 Å². The van der Waals surface area contributed by atoms with E-state index in [-0.39, 0.29) is 29.9 Å². The van der Waals surface area contributed by atoms with E-state index in [9.17, 15) is 8.42 Å². The minimum atomic E-state index is -3.55. The van der Waals surface area contributed by atoms with Gasteiger partial charge >= 0.3 is 0 Å². The van der Waals surface area contributed by atoms with E-state index < -0.39 is 10.0 Å². The van der Waals surface area contributed by atoms with Crippen molar-refractivity contribution < 1.29 is 8.42 Å². The van der Waals surface area contributed by atoms with Crippen LogP contribution in [-0.2, 0) is 10.0 Å². The molecule has 1 unspecified atom stereocenters. The number of halogens is 1. The van der Waals surface area contributed by atoms with Gasteiger partial charge in [-0.15, -0.1) is 12.4 Å². The lowest BCUT2D eigenvalue weighted by atomic mass is 10.2. The van der Waals surface area contributed by atoms with Crippen LogP contribution in [0.1, 0.15) is 6.92 Å². The van der Waals surface area contributed by atoms with Crippen LogP contribution in [0.4, 0.5) is 0 Å². The Balaban J connectivity index is 0.00000200. The van der Waals surface area contributed by atoms with E-state index in [0.29, 0.717) is 5.39 Å². The Hall–Kier alpha value is -1.21. The van der Waals surface area contributed by atoms with Gasteiger partial charge in [0.25, 0.3) is 0 Å². The lowest BCUT2D eigenvalue weighted by molar-refractivity contribution is 0.395. The molecule has 0 aliphatic rings. The Kier molecular flexibility index (Phi) is 5.47. The maximum Gasteiger partial charge on any atom is 0.243 e. The zero-order chi connectivity index (χ0) is 14.0. The van der Waals surface area contributed by atoms with Crippen molar-refractivity contribution in [1.82, 2.24) is 9.29 Å². The molecule has 5 nitrogen and oxygen atoms in total. The number of hydrogen-bond donors (Lipinski definition) is 1. The Morgan fingerprint density at radius 3 is 2.70 bits per heavy atom. The van der Waals surface area contributed by atoms with Crippen LogP contribution in [0.15, 0.2) is 41.6 Å². The Morgan fingerprint density at radius 1 is 1.35 bits per heavy atom. The van der Waals surface area contributed by atoms with Crippen LogP contribution in [0.3, 0.4) is 0 Å². The maximum absolute atomic E-state index is 12.6. The fourth-order valence-corrected chi connectivity index (χ4v) is 3.44. The molecule has 20 heavy (non-hydrogen) atoms. The summed E-state index contributed by atoms with van der Waals surface area (Å²) >= 11 is 0. The van der Waals surface area contributed by atoms with E-state index in [1.807, 2.05) is 6.07 Å². The first-order valence-electron chi connectivity index (χ1n) is 5.99. The van der Waals surface area contributed by atoms with Crippen LogP contribution in [0.25, 0.3) is 10.8 Å². The smallest absolute Gasteiger partial charge is 0.243 e. The van der Waals surface area contributed by atoms with Gasteiger partial charge in [0, 0.05) is 42.8 Å². The topological polar surface area (TPSA) is 76.3 Å². The molecule has 0 saturated heterocycles. The van der Waals surface area contributed by atoms with E-state index in [1.54, 1.807) is 44.6 Å². The molecular weight excluding hydrogens is 298 g/mol. The number of nitrogens with two attached hydrogens (primary N) is 1. The Morgan fingerprint density at radius 2 is 2.05 bits per heavy atom. The second-order valence-corrected chi connectivity index (χ2v) is 6.42. The number of pyridine rings is 1. The SMILES string of the molecule is CC(CN)N(C)S(=O)(=O)c1cccc2cnccc12.Cl. The third-order valence-corrected chi connectivity index (χ3v) is 5.29. The molecule has 0 bridgehead atoms. The van der Waals surface area contributed by atoms with Crippen molar-refractivity contribution >= 4 is 33.2 Å². The number of aromatic nitrogens is 1. The number of likely N-dealkylation sites (N-methyl/N-ethyl adjacent to an activating group) is 1. The van der Waals surface area contributed by atoms with E-state index in [1.165, 1.54) is 4.31 Å². The van der Waals surface area contributed by atoms with Crippen molar-refractivity contribution in [2.24, 2.45) is 5.73 Å². The molecule has 0 radical (unpaired) electrons. The molecule has 0 saturated carbocycles. The van der Waals surface area contributed by atoms with Crippen LogP contribution in [0.5, 0.6) is 0 Å². The molecule has 0 aliphatic heterocycles. The molecule has 110 valence electrons. The van der Waals surface area contributed by atoms with Gasteiger partial charge in [0.2, 0.25) is 10.0 Å². The predicted octanol–water partition coefficient (Wildman–Crippen LogP) is 1.62. The van der Waals surface area contributed by atoms with Crippen molar-refractivity contribution in [3.8, 4) is 0 Å². The molecule has 2 aromatic rings. The highest BCUT2D eigenvalue weighted by Gasteiger charge is 2.26. The third-order valence-electron chi connectivity index (χ3n) is 3.26. The van der Waals surface area contributed by atoms with E-state index in [4.69, 9.17) is 5.73 Å². The first-order valence-corrected chi connectivity index (χ1v) is 7.43. The van der Waals surface area contributed by atoms with Crippen molar-refractivity contribution in [2.75, 3.05) is 13.6 Å². The number of nitrogens with zero attached hydrogens (tertiary/aromatic N) is 2. The highest BCUT2D eigenvalue weighted by atomic mass is 35.5. The number of benzene rings is 1. The molecule has 2 rings (SSSR count). The van der Waals surface area contributed by atoms with Crippen LogP contribution in [0.2, 0.25) is 0 Å². The fraction of sp³-hybridized carbons (Fsp3) is 0.308. The number of sulfonamides is 1. The van der Waals surface area contributed by atoms with E-state index >= 15 is 0 Å². The van der Waals surface area contributed by atoms with Crippen molar-refractivity contribution in [3.05, 3.63) is 36.7 Å². The van der Waals surface area contributed by atoms with Gasteiger partial charge in [0.1, 0.15) is 0 Å². The zero-order valence-corrected chi connectivity index (χ0v) is 13.0. The maximum atomic E-state index is 12.6. The molecule has 1 aromatic carbocycles. The van der Waals surface area contributed by atoms with Gasteiger partial charge in [-0.05, 0) is 19.1 Å². The molecule has 0 spiro atoms. The average molecular weight is 316 g/mol. The minimum Gasteiger partial charge on any atom is -0.329 e. The van der Waals surface area contributed by atoms with E-state index in [2.05, 4.69) is 4.98 Å². The summed E-state index contributed by atoms with van der Waals surface area (Å²) in [6, 6.07) is 6.63. The quantitative estimate of drug-likeness (QED) is 0.930.